The van der Waals surface area contributed by atoms with Crippen LogP contribution in [0.25, 0.3) is 20.5 Å². The summed E-state index contributed by atoms with van der Waals surface area (Å²) in [6.45, 7) is 4.43. The molecule has 0 aliphatic heterocycles. The van der Waals surface area contributed by atoms with Crippen LogP contribution in [0.3, 0.4) is 0 Å². The van der Waals surface area contributed by atoms with E-state index in [2.05, 4.69) is 0 Å². The van der Waals surface area contributed by atoms with Crippen LogP contribution in [0.5, 0.6) is 17.2 Å². The average molecular weight is 439 g/mol. The fraction of sp³-hybridized carbons (Fsp3) is 0.167. The Balaban J connectivity index is 1.67. The Morgan fingerprint density at radius 2 is 1.63 bits per heavy atom. The van der Waals surface area contributed by atoms with Gasteiger partial charge in [0.15, 0.2) is 6.29 Å². The molecule has 0 aliphatic carbocycles. The van der Waals surface area contributed by atoms with Gasteiger partial charge in [0.25, 0.3) is 0 Å². The molecule has 3 aromatic carbocycles. The van der Waals surface area contributed by atoms with Gasteiger partial charge in [-0.25, -0.2) is 0 Å². The summed E-state index contributed by atoms with van der Waals surface area (Å²) in [5.41, 5.74) is 1.03. The number of benzene rings is 3. The van der Waals surface area contributed by atoms with Gasteiger partial charge in [-0.2, -0.15) is 0 Å². The zero-order chi connectivity index (χ0) is 21.1. The number of phenols is 2. The maximum absolute atomic E-state index is 9.91. The summed E-state index contributed by atoms with van der Waals surface area (Å²) < 4.78 is 12.2. The Morgan fingerprint density at radius 3 is 2.33 bits per heavy atom. The van der Waals surface area contributed by atoms with Crippen LogP contribution in [0, 0.1) is 0 Å². The molecule has 0 aliphatic rings. The summed E-state index contributed by atoms with van der Waals surface area (Å²) in [5, 5.41) is 20.7. The van der Waals surface area contributed by atoms with Crippen LogP contribution in [0.1, 0.15) is 13.8 Å². The molecule has 1 aromatic heterocycles. The molecule has 4 nitrogen and oxygen atoms in total. The van der Waals surface area contributed by atoms with Crippen LogP contribution >= 0.6 is 23.1 Å². The molecule has 0 spiro atoms. The Morgan fingerprint density at radius 1 is 0.933 bits per heavy atom. The van der Waals surface area contributed by atoms with Gasteiger partial charge < -0.3 is 19.7 Å². The zero-order valence-electron chi connectivity index (χ0n) is 16.7. The zero-order valence-corrected chi connectivity index (χ0v) is 18.3. The minimum atomic E-state index is -0.289. The van der Waals surface area contributed by atoms with Crippen molar-refractivity contribution < 1.29 is 19.7 Å². The van der Waals surface area contributed by atoms with E-state index in [1.54, 1.807) is 47.4 Å². The molecule has 0 fully saturated rings. The van der Waals surface area contributed by atoms with Gasteiger partial charge in [-0.15, -0.1) is 11.3 Å². The van der Waals surface area contributed by atoms with Crippen molar-refractivity contribution in [2.24, 2.45) is 0 Å². The second kappa shape index (κ2) is 9.00. The lowest BCUT2D eigenvalue weighted by Crippen LogP contribution is -2.15. The first-order valence-corrected chi connectivity index (χ1v) is 11.3. The molecule has 2 N–H and O–H groups in total. The number of phenolic OH excluding ortho intramolecular Hbond substituents is 2. The Kier molecular flexibility index (Phi) is 6.18. The maximum atomic E-state index is 9.91. The van der Waals surface area contributed by atoms with E-state index in [0.717, 1.165) is 36.1 Å². The number of hydrogen-bond acceptors (Lipinski definition) is 6. The molecule has 0 saturated heterocycles. The van der Waals surface area contributed by atoms with Gasteiger partial charge in [0.05, 0.1) is 0 Å². The number of rotatable bonds is 7. The predicted octanol–water partition coefficient (Wildman–Crippen LogP) is 6.89. The fourth-order valence-electron chi connectivity index (χ4n) is 3.13. The van der Waals surface area contributed by atoms with Crippen molar-refractivity contribution in [1.29, 1.82) is 0 Å². The highest BCUT2D eigenvalue weighted by atomic mass is 32.2. The van der Waals surface area contributed by atoms with Gasteiger partial charge in [-0.1, -0.05) is 11.8 Å². The summed E-state index contributed by atoms with van der Waals surface area (Å²) in [6.07, 6.45) is -0.289. The first kappa shape index (κ1) is 20.6. The Labute approximate surface area is 183 Å². The largest absolute Gasteiger partial charge is 0.508 e. The third-order valence-corrected chi connectivity index (χ3v) is 6.97. The van der Waals surface area contributed by atoms with Crippen molar-refractivity contribution in [3.8, 4) is 27.7 Å². The fourth-order valence-corrected chi connectivity index (χ4v) is 5.59. The van der Waals surface area contributed by atoms with Gasteiger partial charge in [-0.05, 0) is 86.1 Å². The lowest BCUT2D eigenvalue weighted by molar-refractivity contribution is -0.0613. The van der Waals surface area contributed by atoms with E-state index in [1.165, 1.54) is 0 Å². The first-order valence-electron chi connectivity index (χ1n) is 9.64. The quantitative estimate of drug-likeness (QED) is 0.308. The molecule has 4 aromatic rings. The highest BCUT2D eigenvalue weighted by Gasteiger charge is 2.16. The molecule has 6 heteroatoms. The standard InChI is InChI=1S/C24H22O4S2/c1-3-27-15(2)28-19-9-11-20(12-10-19)29-24-21-13-8-18(26)14-22(21)30-23(24)16-4-6-17(25)7-5-16/h4-15,25-26H,3H2,1-2H3. The maximum Gasteiger partial charge on any atom is 0.196 e. The highest BCUT2D eigenvalue weighted by molar-refractivity contribution is 8.00. The number of ether oxygens (including phenoxy) is 2. The Hall–Kier alpha value is -2.67. The van der Waals surface area contributed by atoms with Crippen LogP contribution < -0.4 is 4.74 Å². The summed E-state index contributed by atoms with van der Waals surface area (Å²) in [7, 11) is 0. The molecule has 1 atom stereocenters. The number of aromatic hydroxyl groups is 2. The van der Waals surface area contributed by atoms with Gasteiger partial charge in [0.1, 0.15) is 17.2 Å². The molecule has 4 rings (SSSR count). The summed E-state index contributed by atoms with van der Waals surface area (Å²) >= 11 is 3.30. The molecule has 1 unspecified atom stereocenters. The van der Waals surface area contributed by atoms with E-state index in [1.807, 2.05) is 56.3 Å². The third kappa shape index (κ3) is 4.56. The third-order valence-electron chi connectivity index (χ3n) is 4.50. The van der Waals surface area contributed by atoms with Gasteiger partial charge >= 0.3 is 0 Å². The van der Waals surface area contributed by atoms with E-state index in [-0.39, 0.29) is 17.8 Å². The SMILES string of the molecule is CCOC(C)Oc1ccc(Sc2c(-c3ccc(O)cc3)sc3cc(O)ccc23)cc1. The van der Waals surface area contributed by atoms with Crippen LogP contribution in [-0.4, -0.2) is 23.1 Å². The summed E-state index contributed by atoms with van der Waals surface area (Å²) in [4.78, 5) is 3.31. The summed E-state index contributed by atoms with van der Waals surface area (Å²) in [5.74, 6) is 1.25. The molecule has 0 saturated carbocycles. The van der Waals surface area contributed by atoms with Crippen molar-refractivity contribution in [2.45, 2.75) is 29.9 Å². The van der Waals surface area contributed by atoms with Crippen molar-refractivity contribution in [3.63, 3.8) is 0 Å². The van der Waals surface area contributed by atoms with Crippen LogP contribution in [-0.2, 0) is 4.74 Å². The second-order valence-electron chi connectivity index (χ2n) is 6.70. The van der Waals surface area contributed by atoms with Crippen LogP contribution in [0.2, 0.25) is 0 Å². The summed E-state index contributed by atoms with van der Waals surface area (Å²) in [6, 6.07) is 20.6. The monoisotopic (exact) mass is 438 g/mol. The topological polar surface area (TPSA) is 58.9 Å². The van der Waals surface area contributed by atoms with E-state index in [9.17, 15) is 10.2 Å². The molecule has 30 heavy (non-hydrogen) atoms. The normalized spacial score (nSPS) is 12.2. The van der Waals surface area contributed by atoms with Gasteiger partial charge in [0.2, 0.25) is 0 Å². The molecular weight excluding hydrogens is 416 g/mol. The molecule has 154 valence electrons. The van der Waals surface area contributed by atoms with E-state index >= 15 is 0 Å². The van der Waals surface area contributed by atoms with Crippen molar-refractivity contribution in [3.05, 3.63) is 66.7 Å². The molecule has 1 heterocycles. The van der Waals surface area contributed by atoms with Crippen molar-refractivity contribution in [1.82, 2.24) is 0 Å². The molecule has 0 amide bonds. The van der Waals surface area contributed by atoms with E-state index in [4.69, 9.17) is 9.47 Å². The molecule has 0 bridgehead atoms. The highest BCUT2D eigenvalue weighted by Crippen LogP contribution is 2.47. The first-order chi connectivity index (χ1) is 14.5. The number of thiophene rings is 1. The predicted molar refractivity (Wildman–Crippen MR) is 123 cm³/mol. The lowest BCUT2D eigenvalue weighted by Gasteiger charge is -2.14. The van der Waals surface area contributed by atoms with E-state index in [0.29, 0.717) is 6.61 Å². The average Bonchev–Trinajstić information content (AvgIpc) is 3.07. The number of hydrogen-bond donors (Lipinski definition) is 2. The minimum Gasteiger partial charge on any atom is -0.508 e. The molecular formula is C24H22O4S2. The lowest BCUT2D eigenvalue weighted by atomic mass is 10.1. The van der Waals surface area contributed by atoms with Gasteiger partial charge in [-0.3, -0.25) is 0 Å². The van der Waals surface area contributed by atoms with Crippen molar-refractivity contribution >= 4 is 33.2 Å². The molecule has 0 radical (unpaired) electrons. The Bertz CT molecular complexity index is 1130. The van der Waals surface area contributed by atoms with Crippen LogP contribution in [0.4, 0.5) is 0 Å². The minimum absolute atomic E-state index is 0.239. The van der Waals surface area contributed by atoms with Crippen LogP contribution in [0.15, 0.2) is 76.5 Å². The number of fused-ring (bicyclic) bond motifs is 1. The van der Waals surface area contributed by atoms with E-state index < -0.39 is 0 Å². The second-order valence-corrected chi connectivity index (χ2v) is 8.84. The van der Waals surface area contributed by atoms with Crippen molar-refractivity contribution in [2.75, 3.05) is 6.61 Å². The van der Waals surface area contributed by atoms with Gasteiger partial charge in [0, 0.05) is 31.4 Å². The smallest absolute Gasteiger partial charge is 0.196 e.